The van der Waals surface area contributed by atoms with E-state index in [1.54, 1.807) is 6.07 Å². The fraction of sp³-hybridized carbons (Fsp3) is 0. The normalized spacial score (nSPS) is 9.08. The van der Waals surface area contributed by atoms with Crippen LogP contribution in [-0.2, 0) is 0 Å². The number of aldehydes is 1. The van der Waals surface area contributed by atoms with Crippen molar-refractivity contribution in [2.75, 3.05) is 0 Å². The van der Waals surface area contributed by atoms with E-state index in [2.05, 4.69) is 4.98 Å². The van der Waals surface area contributed by atoms with Gasteiger partial charge in [-0.2, -0.15) is 5.26 Å². The van der Waals surface area contributed by atoms with Crippen LogP contribution in [0.2, 0.25) is 10.2 Å². The van der Waals surface area contributed by atoms with Crippen LogP contribution in [0.3, 0.4) is 0 Å². The second-order valence-electron chi connectivity index (χ2n) is 1.92. The van der Waals surface area contributed by atoms with E-state index < -0.39 is 0 Å². The lowest BCUT2D eigenvalue weighted by molar-refractivity contribution is 0.112. The molecule has 0 bridgehead atoms. The number of pyridine rings is 1. The van der Waals surface area contributed by atoms with Gasteiger partial charge in [0.25, 0.3) is 0 Å². The van der Waals surface area contributed by atoms with Gasteiger partial charge in [0.05, 0.1) is 10.6 Å². The standard InChI is InChI=1S/C7H2Cl2N2O/c8-6-4(3-12)2-11-7(9)5(6)1-10/h2-3H. The third-order valence-corrected chi connectivity index (χ3v) is 1.93. The number of aromatic nitrogens is 1. The lowest BCUT2D eigenvalue weighted by Gasteiger charge is -1.98. The highest BCUT2D eigenvalue weighted by Gasteiger charge is 2.10. The van der Waals surface area contributed by atoms with Gasteiger partial charge in [0, 0.05) is 6.20 Å². The summed E-state index contributed by atoms with van der Waals surface area (Å²) in [6.45, 7) is 0. The van der Waals surface area contributed by atoms with E-state index in [1.807, 2.05) is 0 Å². The van der Waals surface area contributed by atoms with Crippen LogP contribution in [-0.4, -0.2) is 11.3 Å². The van der Waals surface area contributed by atoms with Gasteiger partial charge in [-0.15, -0.1) is 0 Å². The average molecular weight is 201 g/mol. The number of halogens is 2. The van der Waals surface area contributed by atoms with Crippen molar-refractivity contribution in [1.82, 2.24) is 4.98 Å². The minimum absolute atomic E-state index is 0.00750. The van der Waals surface area contributed by atoms with E-state index in [-0.39, 0.29) is 21.3 Å². The van der Waals surface area contributed by atoms with Crippen LogP contribution in [0.15, 0.2) is 6.20 Å². The van der Waals surface area contributed by atoms with Gasteiger partial charge in [-0.05, 0) is 0 Å². The molecule has 0 atom stereocenters. The molecular weight excluding hydrogens is 199 g/mol. The van der Waals surface area contributed by atoms with Crippen molar-refractivity contribution in [3.8, 4) is 6.07 Å². The highest BCUT2D eigenvalue weighted by Crippen LogP contribution is 2.23. The number of nitriles is 1. The molecular formula is C7H2Cl2N2O. The maximum Gasteiger partial charge on any atom is 0.153 e. The molecule has 0 amide bonds. The first-order chi connectivity index (χ1) is 5.70. The Bertz CT molecular complexity index is 370. The summed E-state index contributed by atoms with van der Waals surface area (Å²) in [6.07, 6.45) is 1.74. The summed E-state index contributed by atoms with van der Waals surface area (Å²) in [5.41, 5.74) is 0.195. The van der Waals surface area contributed by atoms with Crippen molar-refractivity contribution in [1.29, 1.82) is 5.26 Å². The van der Waals surface area contributed by atoms with Gasteiger partial charge < -0.3 is 0 Å². The number of hydrogen-bond donors (Lipinski definition) is 0. The Morgan fingerprint density at radius 1 is 1.58 bits per heavy atom. The minimum atomic E-state index is 0.00750. The topological polar surface area (TPSA) is 53.8 Å². The largest absolute Gasteiger partial charge is 0.298 e. The average Bonchev–Trinajstić information content (AvgIpc) is 2.06. The Morgan fingerprint density at radius 3 is 2.75 bits per heavy atom. The molecule has 0 spiro atoms. The van der Waals surface area contributed by atoms with Gasteiger partial charge in [0.15, 0.2) is 6.29 Å². The third-order valence-electron chi connectivity index (χ3n) is 1.23. The lowest BCUT2D eigenvalue weighted by atomic mass is 10.2. The fourth-order valence-corrected chi connectivity index (χ4v) is 1.12. The third kappa shape index (κ3) is 1.40. The molecule has 1 rings (SSSR count). The second kappa shape index (κ2) is 3.53. The van der Waals surface area contributed by atoms with Crippen LogP contribution in [0.25, 0.3) is 0 Å². The predicted octanol–water partition coefficient (Wildman–Crippen LogP) is 2.07. The molecule has 0 aliphatic carbocycles. The quantitative estimate of drug-likeness (QED) is 0.516. The maximum atomic E-state index is 10.3. The van der Waals surface area contributed by atoms with Crippen molar-refractivity contribution >= 4 is 29.5 Å². The van der Waals surface area contributed by atoms with Gasteiger partial charge in [-0.25, -0.2) is 4.98 Å². The Kier molecular flexibility index (Phi) is 2.64. The first kappa shape index (κ1) is 8.98. The molecule has 1 aromatic rings. The molecule has 60 valence electrons. The van der Waals surface area contributed by atoms with E-state index in [1.165, 1.54) is 6.20 Å². The molecule has 0 saturated heterocycles. The van der Waals surface area contributed by atoms with Crippen molar-refractivity contribution < 1.29 is 4.79 Å². The Morgan fingerprint density at radius 2 is 2.25 bits per heavy atom. The molecule has 1 heterocycles. The summed E-state index contributed by atoms with van der Waals surface area (Å²) in [5.74, 6) is 0. The molecule has 3 nitrogen and oxygen atoms in total. The number of carbonyl (C=O) groups is 1. The smallest absolute Gasteiger partial charge is 0.153 e. The SMILES string of the molecule is N#Cc1c(Cl)ncc(C=O)c1Cl. The zero-order chi connectivity index (χ0) is 9.14. The monoisotopic (exact) mass is 200 g/mol. The van der Waals surface area contributed by atoms with Crippen LogP contribution < -0.4 is 0 Å². The summed E-state index contributed by atoms with van der Waals surface area (Å²) < 4.78 is 0. The van der Waals surface area contributed by atoms with Crippen LogP contribution in [0.5, 0.6) is 0 Å². The molecule has 12 heavy (non-hydrogen) atoms. The van der Waals surface area contributed by atoms with E-state index in [4.69, 9.17) is 28.5 Å². The van der Waals surface area contributed by atoms with E-state index >= 15 is 0 Å². The zero-order valence-electron chi connectivity index (χ0n) is 5.71. The summed E-state index contributed by atoms with van der Waals surface area (Å²) in [7, 11) is 0. The maximum absolute atomic E-state index is 10.3. The van der Waals surface area contributed by atoms with Gasteiger partial charge in [0.2, 0.25) is 0 Å². The van der Waals surface area contributed by atoms with Crippen molar-refractivity contribution in [3.63, 3.8) is 0 Å². The van der Waals surface area contributed by atoms with Crippen LogP contribution in [0, 0.1) is 11.3 Å². The molecule has 1 aromatic heterocycles. The van der Waals surface area contributed by atoms with Gasteiger partial charge in [0.1, 0.15) is 16.8 Å². The number of carbonyl (C=O) groups excluding carboxylic acids is 1. The fourth-order valence-electron chi connectivity index (χ4n) is 0.660. The van der Waals surface area contributed by atoms with Crippen molar-refractivity contribution in [2.24, 2.45) is 0 Å². The second-order valence-corrected chi connectivity index (χ2v) is 2.66. The van der Waals surface area contributed by atoms with Gasteiger partial charge >= 0.3 is 0 Å². The van der Waals surface area contributed by atoms with Crippen molar-refractivity contribution in [2.45, 2.75) is 0 Å². The minimum Gasteiger partial charge on any atom is -0.298 e. The summed E-state index contributed by atoms with van der Waals surface area (Å²) in [4.78, 5) is 13.9. The van der Waals surface area contributed by atoms with E-state index in [0.717, 1.165) is 0 Å². The Labute approximate surface area is 78.5 Å². The molecule has 0 fully saturated rings. The van der Waals surface area contributed by atoms with E-state index in [9.17, 15) is 4.79 Å². The van der Waals surface area contributed by atoms with Crippen LogP contribution in [0.1, 0.15) is 15.9 Å². The molecule has 5 heteroatoms. The van der Waals surface area contributed by atoms with Crippen LogP contribution >= 0.6 is 23.2 Å². The van der Waals surface area contributed by atoms with Crippen LogP contribution in [0.4, 0.5) is 0 Å². The molecule has 0 unspecified atom stereocenters. The molecule has 0 aromatic carbocycles. The zero-order valence-corrected chi connectivity index (χ0v) is 7.23. The van der Waals surface area contributed by atoms with Gasteiger partial charge in [-0.3, -0.25) is 4.79 Å². The Hall–Kier alpha value is -1.11. The highest BCUT2D eigenvalue weighted by atomic mass is 35.5. The summed E-state index contributed by atoms with van der Waals surface area (Å²) in [5, 5.41) is 8.60. The van der Waals surface area contributed by atoms with Crippen molar-refractivity contribution in [3.05, 3.63) is 27.5 Å². The highest BCUT2D eigenvalue weighted by molar-refractivity contribution is 6.37. The number of hydrogen-bond acceptors (Lipinski definition) is 3. The molecule has 0 N–H and O–H groups in total. The molecule has 0 aliphatic heterocycles. The number of rotatable bonds is 1. The lowest BCUT2D eigenvalue weighted by Crippen LogP contribution is -1.90. The molecule has 0 radical (unpaired) electrons. The molecule has 0 saturated carbocycles. The predicted molar refractivity (Wildman–Crippen MR) is 44.4 cm³/mol. The first-order valence-electron chi connectivity index (χ1n) is 2.90. The summed E-state index contributed by atoms with van der Waals surface area (Å²) in [6, 6.07) is 1.75. The number of nitrogens with zero attached hydrogens (tertiary/aromatic N) is 2. The summed E-state index contributed by atoms with van der Waals surface area (Å²) >= 11 is 11.2. The first-order valence-corrected chi connectivity index (χ1v) is 3.65. The Balaban J connectivity index is 3.46. The van der Waals surface area contributed by atoms with Gasteiger partial charge in [-0.1, -0.05) is 23.2 Å². The van der Waals surface area contributed by atoms with E-state index in [0.29, 0.717) is 6.29 Å². The molecule has 0 aliphatic rings.